The Morgan fingerprint density at radius 1 is 1.44 bits per heavy atom. The summed E-state index contributed by atoms with van der Waals surface area (Å²) in [5.74, 6) is 1.24. The Balaban J connectivity index is 2.09. The van der Waals surface area contributed by atoms with E-state index in [1.165, 1.54) is 6.39 Å². The van der Waals surface area contributed by atoms with Crippen molar-refractivity contribution in [2.24, 2.45) is 0 Å². The van der Waals surface area contributed by atoms with Crippen LogP contribution >= 0.6 is 0 Å². The monoisotopic (exact) mass is 220 g/mol. The number of nitrogens with zero attached hydrogens (tertiary/aromatic N) is 2. The van der Waals surface area contributed by atoms with Gasteiger partial charge in [0.2, 0.25) is 0 Å². The highest BCUT2D eigenvalue weighted by atomic mass is 16.5. The first-order valence-electron chi connectivity index (χ1n) is 5.39. The van der Waals surface area contributed by atoms with Crippen LogP contribution < -0.4 is 0 Å². The molecular formula is C12H16N2O2. The minimum Gasteiger partial charge on any atom is -0.448 e. The van der Waals surface area contributed by atoms with Crippen LogP contribution in [0.2, 0.25) is 0 Å². The van der Waals surface area contributed by atoms with E-state index < -0.39 is 0 Å². The number of oxazole rings is 1. The van der Waals surface area contributed by atoms with Gasteiger partial charge in [-0.25, -0.2) is 4.98 Å². The second-order valence-electron chi connectivity index (χ2n) is 4.78. The number of aromatic nitrogens is 2. The van der Waals surface area contributed by atoms with Gasteiger partial charge in [-0.2, -0.15) is 0 Å². The molecule has 0 fully saturated rings. The highest BCUT2D eigenvalue weighted by Crippen LogP contribution is 2.33. The Labute approximate surface area is 94.7 Å². The Morgan fingerprint density at radius 2 is 2.25 bits per heavy atom. The number of hydrogen-bond donors (Lipinski definition) is 0. The van der Waals surface area contributed by atoms with E-state index in [1.807, 2.05) is 6.07 Å². The van der Waals surface area contributed by atoms with E-state index in [1.54, 1.807) is 12.5 Å². The topological polar surface area (TPSA) is 52.1 Å². The predicted molar refractivity (Wildman–Crippen MR) is 59.1 cm³/mol. The third kappa shape index (κ3) is 2.15. The second kappa shape index (κ2) is 4.12. The maximum atomic E-state index is 5.36. The van der Waals surface area contributed by atoms with E-state index in [9.17, 15) is 0 Å². The van der Waals surface area contributed by atoms with Crippen LogP contribution in [-0.2, 0) is 5.41 Å². The van der Waals surface area contributed by atoms with Crippen molar-refractivity contribution in [2.45, 2.75) is 38.5 Å². The van der Waals surface area contributed by atoms with Gasteiger partial charge in [-0.3, -0.25) is 0 Å². The molecule has 4 heteroatoms. The molecule has 86 valence electrons. The summed E-state index contributed by atoms with van der Waals surface area (Å²) in [4.78, 5) is 3.96. The molecule has 0 aliphatic carbocycles. The lowest BCUT2D eigenvalue weighted by atomic mass is 9.80. The molecule has 0 spiro atoms. The first-order chi connectivity index (χ1) is 7.59. The maximum Gasteiger partial charge on any atom is 0.180 e. The molecule has 2 heterocycles. The van der Waals surface area contributed by atoms with Crippen molar-refractivity contribution in [1.82, 2.24) is 10.1 Å². The molecule has 2 rings (SSSR count). The van der Waals surface area contributed by atoms with Gasteiger partial charge >= 0.3 is 0 Å². The zero-order valence-corrected chi connectivity index (χ0v) is 9.80. The van der Waals surface area contributed by atoms with Crippen molar-refractivity contribution in [2.75, 3.05) is 0 Å². The van der Waals surface area contributed by atoms with Crippen LogP contribution in [0.3, 0.4) is 0 Å². The maximum absolute atomic E-state index is 5.36. The molecule has 0 saturated carbocycles. The molecule has 0 aromatic carbocycles. The fourth-order valence-electron chi connectivity index (χ4n) is 2.00. The second-order valence-corrected chi connectivity index (χ2v) is 4.78. The van der Waals surface area contributed by atoms with Crippen LogP contribution in [0, 0.1) is 0 Å². The van der Waals surface area contributed by atoms with Crippen LogP contribution in [0.1, 0.15) is 44.6 Å². The lowest BCUT2D eigenvalue weighted by molar-refractivity contribution is 0.336. The lowest BCUT2D eigenvalue weighted by Crippen LogP contribution is -2.19. The van der Waals surface area contributed by atoms with Crippen LogP contribution in [-0.4, -0.2) is 10.1 Å². The van der Waals surface area contributed by atoms with Gasteiger partial charge in [0.05, 0.1) is 11.9 Å². The van der Waals surface area contributed by atoms with E-state index >= 15 is 0 Å². The average molecular weight is 220 g/mol. The molecule has 4 nitrogen and oxygen atoms in total. The summed E-state index contributed by atoms with van der Waals surface area (Å²) < 4.78 is 10.2. The van der Waals surface area contributed by atoms with Gasteiger partial charge in [0.15, 0.2) is 6.39 Å². The number of rotatable bonds is 4. The van der Waals surface area contributed by atoms with E-state index in [2.05, 4.69) is 30.9 Å². The summed E-state index contributed by atoms with van der Waals surface area (Å²) >= 11 is 0. The van der Waals surface area contributed by atoms with E-state index in [-0.39, 0.29) is 5.41 Å². The van der Waals surface area contributed by atoms with Crippen molar-refractivity contribution in [3.8, 4) is 0 Å². The minimum atomic E-state index is -0.0468. The van der Waals surface area contributed by atoms with Crippen LogP contribution in [0.5, 0.6) is 0 Å². The zero-order chi connectivity index (χ0) is 11.6. The lowest BCUT2D eigenvalue weighted by Gasteiger charge is -2.24. The smallest absolute Gasteiger partial charge is 0.180 e. The molecule has 1 atom stereocenters. The van der Waals surface area contributed by atoms with Gasteiger partial charge in [-0.05, 0) is 6.42 Å². The van der Waals surface area contributed by atoms with Gasteiger partial charge in [-0.1, -0.05) is 25.9 Å². The summed E-state index contributed by atoms with van der Waals surface area (Å²) in [5.41, 5.74) is 0.932. The van der Waals surface area contributed by atoms with Crippen molar-refractivity contribution in [3.63, 3.8) is 0 Å². The Hall–Kier alpha value is -1.58. The Kier molecular flexibility index (Phi) is 2.81. The molecule has 0 N–H and O–H groups in total. The molecule has 0 amide bonds. The van der Waals surface area contributed by atoms with Gasteiger partial charge in [0.1, 0.15) is 12.0 Å². The van der Waals surface area contributed by atoms with Crippen LogP contribution in [0.25, 0.3) is 0 Å². The van der Waals surface area contributed by atoms with Crippen LogP contribution in [0.4, 0.5) is 0 Å². The summed E-state index contributed by atoms with van der Waals surface area (Å²) in [5, 5.41) is 3.96. The summed E-state index contributed by atoms with van der Waals surface area (Å²) in [7, 11) is 0. The molecule has 0 aliphatic rings. The van der Waals surface area contributed by atoms with Gasteiger partial charge in [0.25, 0.3) is 0 Å². The normalized spacial score (nSPS) is 13.9. The van der Waals surface area contributed by atoms with Gasteiger partial charge in [-0.15, -0.1) is 0 Å². The fraction of sp³-hybridized carbons (Fsp3) is 0.500. The van der Waals surface area contributed by atoms with Crippen molar-refractivity contribution in [1.29, 1.82) is 0 Å². The number of hydrogen-bond acceptors (Lipinski definition) is 4. The summed E-state index contributed by atoms with van der Waals surface area (Å²) in [6, 6.07) is 1.90. The van der Waals surface area contributed by atoms with Crippen LogP contribution in [0.15, 0.2) is 33.9 Å². The highest BCUT2D eigenvalue weighted by molar-refractivity contribution is 5.11. The van der Waals surface area contributed by atoms with Gasteiger partial charge < -0.3 is 8.94 Å². The minimum absolute atomic E-state index is 0.0468. The summed E-state index contributed by atoms with van der Waals surface area (Å²) in [6.07, 6.45) is 5.79. The molecular weight excluding hydrogens is 204 g/mol. The van der Waals surface area contributed by atoms with Crippen molar-refractivity contribution < 1.29 is 8.94 Å². The largest absolute Gasteiger partial charge is 0.448 e. The molecule has 1 unspecified atom stereocenters. The Bertz CT molecular complexity index is 418. The van der Waals surface area contributed by atoms with Gasteiger partial charge in [0, 0.05) is 17.4 Å². The molecule has 0 radical (unpaired) electrons. The molecule has 2 aromatic heterocycles. The molecule has 0 aliphatic heterocycles. The first-order valence-corrected chi connectivity index (χ1v) is 5.39. The predicted octanol–water partition coefficient (Wildman–Crippen LogP) is 3.13. The van der Waals surface area contributed by atoms with E-state index in [4.69, 9.17) is 8.94 Å². The first kappa shape index (κ1) is 10.9. The molecule has 2 aromatic rings. The average Bonchev–Trinajstić information content (AvgIpc) is 2.91. The van der Waals surface area contributed by atoms with Crippen molar-refractivity contribution >= 4 is 0 Å². The zero-order valence-electron chi connectivity index (χ0n) is 9.80. The van der Waals surface area contributed by atoms with E-state index in [0.717, 1.165) is 17.9 Å². The molecule has 0 bridgehead atoms. The standard InChI is InChI=1S/C12H16N2O2/c1-9(10-4-5-16-14-10)6-12(2,3)11-7-13-8-15-11/h4-5,7-9H,6H2,1-3H3. The Morgan fingerprint density at radius 3 is 2.81 bits per heavy atom. The molecule has 0 saturated heterocycles. The fourth-order valence-corrected chi connectivity index (χ4v) is 2.00. The van der Waals surface area contributed by atoms with E-state index in [0.29, 0.717) is 5.92 Å². The molecule has 16 heavy (non-hydrogen) atoms. The third-order valence-corrected chi connectivity index (χ3v) is 2.88. The summed E-state index contributed by atoms with van der Waals surface area (Å²) in [6.45, 7) is 6.42. The highest BCUT2D eigenvalue weighted by Gasteiger charge is 2.28. The van der Waals surface area contributed by atoms with Crippen molar-refractivity contribution in [3.05, 3.63) is 36.4 Å². The quantitative estimate of drug-likeness (QED) is 0.794. The SMILES string of the molecule is CC(CC(C)(C)c1cnco1)c1ccon1. The third-order valence-electron chi connectivity index (χ3n) is 2.88.